The van der Waals surface area contributed by atoms with Crippen LogP contribution in [0.5, 0.6) is 0 Å². The van der Waals surface area contributed by atoms with E-state index in [0.717, 1.165) is 6.42 Å². The van der Waals surface area contributed by atoms with Gasteiger partial charge in [-0.05, 0) is 36.8 Å². The molecule has 1 amide bonds. The third-order valence-electron chi connectivity index (χ3n) is 4.15. The molecule has 1 heterocycles. The van der Waals surface area contributed by atoms with E-state index in [1.807, 2.05) is 6.92 Å². The Hall–Kier alpha value is -1.65. The van der Waals surface area contributed by atoms with Crippen LogP contribution >= 0.6 is 11.3 Å². The molecule has 0 saturated heterocycles. The highest BCUT2D eigenvalue weighted by Crippen LogP contribution is 2.23. The fourth-order valence-electron chi connectivity index (χ4n) is 2.71. The highest BCUT2D eigenvalue weighted by molar-refractivity contribution is 7.10. The van der Waals surface area contributed by atoms with Gasteiger partial charge in [0.2, 0.25) is 0 Å². The topological polar surface area (TPSA) is 45.7 Å². The normalized spacial score (nSPS) is 13.5. The number of thiophene rings is 1. The van der Waals surface area contributed by atoms with Crippen LogP contribution in [0.3, 0.4) is 0 Å². The monoisotopic (exact) mass is 331 g/mol. The molecular formula is C19H27N2OS+. The predicted molar refractivity (Wildman–Crippen MR) is 96.7 cm³/mol. The fraction of sp³-hybridized carbons (Fsp3) is 0.421. The molecule has 0 bridgehead atoms. The van der Waals surface area contributed by atoms with Crippen LogP contribution < -0.4 is 10.6 Å². The summed E-state index contributed by atoms with van der Waals surface area (Å²) < 4.78 is 0. The van der Waals surface area contributed by atoms with E-state index in [0.29, 0.717) is 0 Å². The van der Waals surface area contributed by atoms with E-state index >= 15 is 0 Å². The molecular weight excluding hydrogens is 304 g/mol. The third kappa shape index (κ3) is 4.91. The zero-order valence-corrected chi connectivity index (χ0v) is 15.0. The van der Waals surface area contributed by atoms with Crippen LogP contribution in [0, 0.1) is 0 Å². The molecule has 23 heavy (non-hydrogen) atoms. The molecule has 124 valence electrons. The molecule has 2 rings (SSSR count). The Morgan fingerprint density at radius 3 is 2.57 bits per heavy atom. The van der Waals surface area contributed by atoms with Crippen LogP contribution in [0.15, 0.2) is 41.8 Å². The molecule has 0 fully saturated rings. The average Bonchev–Trinajstić information content (AvgIpc) is 3.11. The zero-order chi connectivity index (χ0) is 16.7. The summed E-state index contributed by atoms with van der Waals surface area (Å²) in [5.74, 6) is 0.0612. The number of hydrogen-bond donors (Lipinski definition) is 2. The molecule has 1 aromatic carbocycles. The van der Waals surface area contributed by atoms with Gasteiger partial charge < -0.3 is 10.6 Å². The molecule has 0 aliphatic heterocycles. The maximum absolute atomic E-state index is 11.9. The summed E-state index contributed by atoms with van der Waals surface area (Å²) in [7, 11) is 1.69. The Balaban J connectivity index is 2.18. The molecule has 3 N–H and O–H groups in total. The minimum Gasteiger partial charge on any atom is -0.354 e. The fourth-order valence-corrected chi connectivity index (χ4v) is 3.55. The van der Waals surface area contributed by atoms with E-state index < -0.39 is 0 Å². The highest BCUT2D eigenvalue weighted by Gasteiger charge is 2.24. The number of likely N-dealkylation sites (N-methyl/N-ethyl adjacent to an activating group) is 1. The van der Waals surface area contributed by atoms with Crippen molar-refractivity contribution in [2.75, 3.05) is 7.05 Å². The Bertz CT molecular complexity index is 592. The summed E-state index contributed by atoms with van der Waals surface area (Å²) in [6.07, 6.45) is 3.59. The van der Waals surface area contributed by atoms with Crippen LogP contribution in [-0.2, 0) is 11.2 Å². The molecule has 2 atom stereocenters. The molecule has 0 spiro atoms. The number of carbonyl (C=O) groups is 1. The summed E-state index contributed by atoms with van der Waals surface area (Å²) in [4.78, 5) is 13.2. The number of nitrogens with one attached hydrogen (secondary N) is 1. The summed E-state index contributed by atoms with van der Waals surface area (Å²) in [5, 5.41) is 6.97. The van der Waals surface area contributed by atoms with Gasteiger partial charge in [0.15, 0.2) is 6.04 Å². The molecule has 1 aromatic heterocycles. The van der Waals surface area contributed by atoms with Crippen molar-refractivity contribution in [2.45, 2.75) is 45.2 Å². The molecule has 4 heteroatoms. The van der Waals surface area contributed by atoms with Crippen molar-refractivity contribution in [3.8, 4) is 0 Å². The van der Waals surface area contributed by atoms with Crippen molar-refractivity contribution in [3.05, 3.63) is 57.8 Å². The first kappa shape index (κ1) is 17.7. The molecule has 0 saturated carbocycles. The van der Waals surface area contributed by atoms with E-state index in [1.54, 1.807) is 18.4 Å². The summed E-state index contributed by atoms with van der Waals surface area (Å²) in [6, 6.07) is 13.1. The van der Waals surface area contributed by atoms with Crippen molar-refractivity contribution in [3.63, 3.8) is 0 Å². The smallest absolute Gasteiger partial charge is 0.277 e. The second-order valence-corrected chi connectivity index (χ2v) is 6.91. The van der Waals surface area contributed by atoms with Crippen LogP contribution in [-0.4, -0.2) is 19.0 Å². The second kappa shape index (κ2) is 8.85. The van der Waals surface area contributed by atoms with Gasteiger partial charge in [0.05, 0.1) is 4.88 Å². The SMILES string of the molecule is CCCCc1ccc([C@@H]([NH2+][C@@H](C)C(=O)NC)c2cccs2)cc1. The molecule has 0 aliphatic rings. The van der Waals surface area contributed by atoms with Crippen LogP contribution in [0.25, 0.3) is 0 Å². The van der Waals surface area contributed by atoms with Gasteiger partial charge in [0.25, 0.3) is 5.91 Å². The number of aryl methyl sites for hydroxylation is 1. The van der Waals surface area contributed by atoms with E-state index in [-0.39, 0.29) is 18.0 Å². The van der Waals surface area contributed by atoms with Gasteiger partial charge in [-0.25, -0.2) is 0 Å². The first-order valence-corrected chi connectivity index (χ1v) is 9.22. The quantitative estimate of drug-likeness (QED) is 0.767. The Kier molecular flexibility index (Phi) is 6.81. The first-order valence-electron chi connectivity index (χ1n) is 8.34. The number of hydrogen-bond acceptors (Lipinski definition) is 2. The Labute approximate surface area is 143 Å². The van der Waals surface area contributed by atoms with Crippen molar-refractivity contribution in [1.29, 1.82) is 0 Å². The zero-order valence-electron chi connectivity index (χ0n) is 14.2. The number of rotatable bonds is 8. The van der Waals surface area contributed by atoms with Crippen molar-refractivity contribution < 1.29 is 10.1 Å². The number of carbonyl (C=O) groups excluding carboxylic acids is 1. The lowest BCUT2D eigenvalue weighted by atomic mass is 10.0. The average molecular weight is 332 g/mol. The lowest BCUT2D eigenvalue weighted by Gasteiger charge is -2.19. The standard InChI is InChI=1S/C19H26N2OS/c1-4-5-7-15-9-11-16(12-10-15)18(17-8-6-13-23-17)21-14(2)19(22)20-3/h6,8-14,18,21H,4-5,7H2,1-3H3,(H,20,22)/p+1/t14-,18+/m0/s1. The molecule has 0 radical (unpaired) electrons. The van der Waals surface area contributed by atoms with Gasteiger partial charge in [-0.2, -0.15) is 0 Å². The number of amides is 1. The Morgan fingerprint density at radius 2 is 2.00 bits per heavy atom. The number of benzene rings is 1. The number of quaternary nitrogens is 1. The first-order chi connectivity index (χ1) is 11.2. The van der Waals surface area contributed by atoms with Gasteiger partial charge in [-0.15, -0.1) is 11.3 Å². The van der Waals surface area contributed by atoms with Crippen molar-refractivity contribution in [2.24, 2.45) is 0 Å². The van der Waals surface area contributed by atoms with E-state index in [4.69, 9.17) is 0 Å². The lowest BCUT2D eigenvalue weighted by Crippen LogP contribution is -2.92. The van der Waals surface area contributed by atoms with Crippen molar-refractivity contribution >= 4 is 17.2 Å². The Morgan fingerprint density at radius 1 is 1.26 bits per heavy atom. The maximum Gasteiger partial charge on any atom is 0.277 e. The summed E-state index contributed by atoms with van der Waals surface area (Å²) in [5.41, 5.74) is 2.64. The molecule has 2 aromatic rings. The van der Waals surface area contributed by atoms with Crippen molar-refractivity contribution in [1.82, 2.24) is 5.32 Å². The number of unbranched alkanes of at least 4 members (excludes halogenated alkanes) is 1. The van der Waals surface area contributed by atoms with Crippen LogP contribution in [0.2, 0.25) is 0 Å². The van der Waals surface area contributed by atoms with Gasteiger partial charge >= 0.3 is 0 Å². The number of nitrogens with two attached hydrogens (primary N) is 1. The maximum atomic E-state index is 11.9. The summed E-state index contributed by atoms with van der Waals surface area (Å²) >= 11 is 1.74. The van der Waals surface area contributed by atoms with E-state index in [1.165, 1.54) is 28.8 Å². The third-order valence-corrected chi connectivity index (χ3v) is 5.10. The largest absolute Gasteiger partial charge is 0.354 e. The second-order valence-electron chi connectivity index (χ2n) is 5.93. The van der Waals surface area contributed by atoms with Gasteiger partial charge in [0, 0.05) is 12.6 Å². The van der Waals surface area contributed by atoms with E-state index in [9.17, 15) is 4.79 Å². The van der Waals surface area contributed by atoms with Gasteiger partial charge in [0.1, 0.15) is 6.04 Å². The van der Waals surface area contributed by atoms with Gasteiger partial charge in [-0.3, -0.25) is 4.79 Å². The minimum atomic E-state index is -0.119. The van der Waals surface area contributed by atoms with Crippen LogP contribution in [0.4, 0.5) is 0 Å². The molecule has 0 unspecified atom stereocenters. The van der Waals surface area contributed by atoms with Crippen LogP contribution in [0.1, 0.15) is 48.7 Å². The summed E-state index contributed by atoms with van der Waals surface area (Å²) in [6.45, 7) is 4.17. The highest BCUT2D eigenvalue weighted by atomic mass is 32.1. The van der Waals surface area contributed by atoms with E-state index in [2.05, 4.69) is 59.3 Å². The minimum absolute atomic E-state index is 0.0612. The molecule has 0 aliphatic carbocycles. The lowest BCUT2D eigenvalue weighted by molar-refractivity contribution is -0.704. The predicted octanol–water partition coefficient (Wildman–Crippen LogP) is 2.88. The molecule has 3 nitrogen and oxygen atoms in total. The van der Waals surface area contributed by atoms with Gasteiger partial charge in [-0.1, -0.05) is 43.7 Å².